The number of rotatable bonds is 12. The molecule has 3 aromatic carbocycles. The molecule has 1 unspecified atom stereocenters. The van der Waals surface area contributed by atoms with Crippen LogP contribution in [0.1, 0.15) is 91.6 Å². The molecule has 0 bridgehead atoms. The van der Waals surface area contributed by atoms with Crippen molar-refractivity contribution in [3.8, 4) is 0 Å². The molecule has 2 fully saturated rings. The van der Waals surface area contributed by atoms with E-state index in [9.17, 15) is 9.59 Å². The van der Waals surface area contributed by atoms with Gasteiger partial charge in [-0.1, -0.05) is 79.4 Å². The van der Waals surface area contributed by atoms with Gasteiger partial charge in [0.1, 0.15) is 5.82 Å². The lowest BCUT2D eigenvalue weighted by Gasteiger charge is -2.30. The van der Waals surface area contributed by atoms with Crippen LogP contribution in [-0.4, -0.2) is 48.3 Å². The number of fused-ring (bicyclic) bond motifs is 1. The van der Waals surface area contributed by atoms with Crippen molar-refractivity contribution in [1.82, 2.24) is 15.3 Å². The standard InChI is InChI=1S/C40H48ClN5O2/c1-46(2)38-35-10-6-7-11-36(35)44-40(45-38)43-34-22-14-28(15-23-34)26-42-39(48)32(24-27-12-20-33(41)21-13-27)25-37(47)31-18-16-30(17-19-31)29-8-4-3-5-9-29/h6-7,10-13,16-21,28-29,32,34H,3-5,8-9,14-15,22-26H2,1-2H3,(H,42,48)(H,43,44,45)/t28-,32?,34+. The highest BCUT2D eigenvalue weighted by Crippen LogP contribution is 2.33. The van der Waals surface area contributed by atoms with Crippen LogP contribution in [-0.2, 0) is 11.2 Å². The Hall–Kier alpha value is -3.97. The van der Waals surface area contributed by atoms with Gasteiger partial charge in [-0.2, -0.15) is 4.98 Å². The summed E-state index contributed by atoms with van der Waals surface area (Å²) in [4.78, 5) is 38.8. The minimum Gasteiger partial charge on any atom is -0.362 e. The van der Waals surface area contributed by atoms with E-state index < -0.39 is 5.92 Å². The Balaban J connectivity index is 1.04. The van der Waals surface area contributed by atoms with Crippen LogP contribution >= 0.6 is 11.6 Å². The van der Waals surface area contributed by atoms with Crippen molar-refractivity contribution in [2.75, 3.05) is 30.9 Å². The van der Waals surface area contributed by atoms with E-state index in [1.807, 2.05) is 73.6 Å². The number of halogens is 1. The van der Waals surface area contributed by atoms with Crippen molar-refractivity contribution < 1.29 is 9.59 Å². The average Bonchev–Trinajstić information content (AvgIpc) is 3.12. The zero-order valence-corrected chi connectivity index (χ0v) is 29.0. The molecule has 2 aliphatic rings. The van der Waals surface area contributed by atoms with Crippen molar-refractivity contribution in [2.45, 2.75) is 82.6 Å². The van der Waals surface area contributed by atoms with Crippen LogP contribution in [0.5, 0.6) is 0 Å². The molecule has 1 heterocycles. The number of ketones is 1. The molecule has 1 aromatic heterocycles. The number of nitrogens with one attached hydrogen (secondary N) is 2. The minimum absolute atomic E-state index is 0.0132. The fourth-order valence-electron chi connectivity index (χ4n) is 7.43. The summed E-state index contributed by atoms with van der Waals surface area (Å²) in [5.41, 5.74) is 3.94. The Labute approximate surface area is 289 Å². The average molecular weight is 666 g/mol. The lowest BCUT2D eigenvalue weighted by atomic mass is 9.83. The van der Waals surface area contributed by atoms with E-state index in [-0.39, 0.29) is 24.2 Å². The number of nitrogens with zero attached hydrogens (tertiary/aromatic N) is 3. The Morgan fingerprint density at radius 1 is 0.854 bits per heavy atom. The van der Waals surface area contributed by atoms with Gasteiger partial charge < -0.3 is 15.5 Å². The Morgan fingerprint density at radius 3 is 2.27 bits per heavy atom. The zero-order chi connectivity index (χ0) is 33.5. The third kappa shape index (κ3) is 8.73. The second-order valence-electron chi connectivity index (χ2n) is 14.0. The topological polar surface area (TPSA) is 87.2 Å². The molecule has 4 aromatic rings. The Bertz CT molecular complexity index is 1680. The lowest BCUT2D eigenvalue weighted by Crippen LogP contribution is -2.38. The van der Waals surface area contributed by atoms with Gasteiger partial charge >= 0.3 is 0 Å². The molecule has 2 aliphatic carbocycles. The number of Topliss-reactive ketones (excluding diaryl/α,β-unsaturated/α-hetero) is 1. The molecule has 1 atom stereocenters. The third-order valence-corrected chi connectivity index (χ3v) is 10.5. The lowest BCUT2D eigenvalue weighted by molar-refractivity contribution is -0.125. The molecule has 0 saturated heterocycles. The van der Waals surface area contributed by atoms with E-state index in [2.05, 4.69) is 28.8 Å². The molecule has 6 rings (SSSR count). The number of benzene rings is 3. The molecule has 2 N–H and O–H groups in total. The van der Waals surface area contributed by atoms with Gasteiger partial charge in [0.2, 0.25) is 11.9 Å². The molecule has 1 amide bonds. The van der Waals surface area contributed by atoms with Gasteiger partial charge in [0.15, 0.2) is 5.78 Å². The van der Waals surface area contributed by atoms with Crippen LogP contribution in [0.15, 0.2) is 72.8 Å². The van der Waals surface area contributed by atoms with Crippen molar-refractivity contribution in [2.24, 2.45) is 11.8 Å². The third-order valence-electron chi connectivity index (χ3n) is 10.3. The smallest absolute Gasteiger partial charge is 0.225 e. The number of aromatic nitrogens is 2. The van der Waals surface area contributed by atoms with Gasteiger partial charge in [-0.3, -0.25) is 9.59 Å². The Kier molecular flexibility index (Phi) is 11.3. The maximum atomic E-state index is 13.7. The van der Waals surface area contributed by atoms with E-state index in [0.29, 0.717) is 41.3 Å². The number of anilines is 2. The number of carbonyl (C=O) groups is 2. The van der Waals surface area contributed by atoms with Crippen molar-refractivity contribution in [3.05, 3.63) is 94.5 Å². The maximum Gasteiger partial charge on any atom is 0.225 e. The molecule has 252 valence electrons. The van der Waals surface area contributed by atoms with Crippen LogP contribution in [0, 0.1) is 11.8 Å². The molecule has 48 heavy (non-hydrogen) atoms. The summed E-state index contributed by atoms with van der Waals surface area (Å²) in [7, 11) is 4.01. The number of hydrogen-bond acceptors (Lipinski definition) is 6. The molecular formula is C40H48ClN5O2. The normalized spacial score (nSPS) is 19.1. The summed E-state index contributed by atoms with van der Waals surface area (Å²) in [5.74, 6) is 2.05. The highest BCUT2D eigenvalue weighted by atomic mass is 35.5. The van der Waals surface area contributed by atoms with Crippen LogP contribution in [0.3, 0.4) is 0 Å². The van der Waals surface area contributed by atoms with E-state index >= 15 is 0 Å². The summed E-state index contributed by atoms with van der Waals surface area (Å²) in [5, 5.41) is 8.50. The molecular weight excluding hydrogens is 618 g/mol. The number of para-hydroxylation sites is 1. The maximum absolute atomic E-state index is 13.7. The first kappa shape index (κ1) is 33.9. The highest BCUT2D eigenvalue weighted by Gasteiger charge is 2.27. The predicted molar refractivity (Wildman–Crippen MR) is 196 cm³/mol. The zero-order valence-electron chi connectivity index (χ0n) is 28.3. The molecule has 7 nitrogen and oxygen atoms in total. The predicted octanol–water partition coefficient (Wildman–Crippen LogP) is 8.62. The van der Waals surface area contributed by atoms with Gasteiger partial charge in [0.25, 0.3) is 0 Å². The quantitative estimate of drug-likeness (QED) is 0.147. The van der Waals surface area contributed by atoms with E-state index in [1.165, 1.54) is 37.7 Å². The molecule has 0 radical (unpaired) electrons. The second-order valence-corrected chi connectivity index (χ2v) is 14.4. The highest BCUT2D eigenvalue weighted by molar-refractivity contribution is 6.30. The number of carbonyl (C=O) groups excluding carboxylic acids is 2. The van der Waals surface area contributed by atoms with E-state index in [4.69, 9.17) is 21.6 Å². The summed E-state index contributed by atoms with van der Waals surface area (Å²) in [6, 6.07) is 24.1. The van der Waals surface area contributed by atoms with Crippen LogP contribution < -0.4 is 15.5 Å². The SMILES string of the molecule is CN(C)c1nc(N[C@H]2CC[C@@H](CNC(=O)C(CC(=O)c3ccc(C4CCCCC4)cc3)Cc3ccc(Cl)cc3)CC2)nc2ccccc12. The first-order valence-electron chi connectivity index (χ1n) is 17.7. The van der Waals surface area contributed by atoms with E-state index in [0.717, 1.165) is 48.0 Å². The van der Waals surface area contributed by atoms with Gasteiger partial charge in [-0.15, -0.1) is 0 Å². The molecule has 0 aliphatic heterocycles. The van der Waals surface area contributed by atoms with Crippen molar-refractivity contribution >= 4 is 46.0 Å². The minimum atomic E-state index is -0.453. The van der Waals surface area contributed by atoms with Crippen LogP contribution in [0.4, 0.5) is 11.8 Å². The van der Waals surface area contributed by atoms with Crippen molar-refractivity contribution in [1.29, 1.82) is 0 Å². The first-order chi connectivity index (χ1) is 23.3. The molecule has 2 saturated carbocycles. The summed E-state index contributed by atoms with van der Waals surface area (Å²) >= 11 is 6.13. The van der Waals surface area contributed by atoms with Crippen LogP contribution in [0.2, 0.25) is 5.02 Å². The molecule has 0 spiro atoms. The summed E-state index contributed by atoms with van der Waals surface area (Å²) in [6.07, 6.45) is 11.0. The fraction of sp³-hybridized carbons (Fsp3) is 0.450. The van der Waals surface area contributed by atoms with Gasteiger partial charge in [-0.05, 0) is 92.2 Å². The summed E-state index contributed by atoms with van der Waals surface area (Å²) < 4.78 is 0. The summed E-state index contributed by atoms with van der Waals surface area (Å²) in [6.45, 7) is 0.615. The number of amides is 1. The van der Waals surface area contributed by atoms with Gasteiger partial charge in [0, 0.05) is 55.0 Å². The monoisotopic (exact) mass is 665 g/mol. The van der Waals surface area contributed by atoms with E-state index in [1.54, 1.807) is 0 Å². The van der Waals surface area contributed by atoms with Gasteiger partial charge in [-0.25, -0.2) is 4.98 Å². The largest absolute Gasteiger partial charge is 0.362 e. The fourth-order valence-corrected chi connectivity index (χ4v) is 7.56. The molecule has 8 heteroatoms. The van der Waals surface area contributed by atoms with Crippen LogP contribution in [0.25, 0.3) is 10.9 Å². The second kappa shape index (κ2) is 16.0. The Morgan fingerprint density at radius 2 is 1.56 bits per heavy atom. The number of hydrogen-bond donors (Lipinski definition) is 2. The van der Waals surface area contributed by atoms with Crippen molar-refractivity contribution in [3.63, 3.8) is 0 Å². The van der Waals surface area contributed by atoms with Gasteiger partial charge in [0.05, 0.1) is 5.52 Å². The first-order valence-corrected chi connectivity index (χ1v) is 18.1.